The number of pyridine rings is 1. The van der Waals surface area contributed by atoms with Gasteiger partial charge in [-0.25, -0.2) is 5.48 Å². The minimum atomic E-state index is -1.70. The Morgan fingerprint density at radius 1 is 1.18 bits per heavy atom. The fraction of sp³-hybridized carbons (Fsp3) is 0.345. The second-order valence-corrected chi connectivity index (χ2v) is 12.5. The number of halogens is 2. The molecule has 3 N–H and O–H groups in total. The van der Waals surface area contributed by atoms with Crippen LogP contribution in [0.4, 0.5) is 0 Å². The number of phenolic OH excluding ortho intramolecular Hbond substituents is 1. The summed E-state index contributed by atoms with van der Waals surface area (Å²) in [5.41, 5.74) is 12.8. The molecule has 0 saturated heterocycles. The number of aromatic hydroxyl groups is 1. The van der Waals surface area contributed by atoms with Crippen LogP contribution in [0.1, 0.15) is 64.8 Å². The number of fused-ring (bicyclic) bond motifs is 1. The summed E-state index contributed by atoms with van der Waals surface area (Å²) in [6.45, 7) is -0.00712. The van der Waals surface area contributed by atoms with Crippen LogP contribution in [-0.4, -0.2) is 49.3 Å². The van der Waals surface area contributed by atoms with E-state index in [1.165, 1.54) is 24.3 Å². The molecular formula is C29H29Cl2N7O5S. The summed E-state index contributed by atoms with van der Waals surface area (Å²) in [5.74, 6) is -2.43. The van der Waals surface area contributed by atoms with Crippen molar-refractivity contribution < 1.29 is 24.1 Å². The van der Waals surface area contributed by atoms with E-state index in [4.69, 9.17) is 33.6 Å². The predicted molar refractivity (Wildman–Crippen MR) is 165 cm³/mol. The standard InChI is InChI=1S/C29H29Cl2N7O5S/c30-17-8-10-21(23(31)13-17)27-26(28(40)35-43-15-18-5-3-4-12-33-18)22-14-19(39)9-11-20(22)29(41)38(27)25-7-2-1-6-24(25)36-44(42)16-34-37-32/h3-5,8-14,24-27,36,39H,1-2,6-7,15-16H2,(H,35,40)/t24-,25?,26+,27-,44?/m0/s1. The number of hydrogen-bond acceptors (Lipinski definition) is 8. The number of amides is 2. The molecule has 0 radical (unpaired) electrons. The second-order valence-electron chi connectivity index (χ2n) is 10.4. The van der Waals surface area contributed by atoms with Gasteiger partial charge in [0.2, 0.25) is 5.88 Å². The van der Waals surface area contributed by atoms with Crippen molar-refractivity contribution >= 4 is 46.4 Å². The Balaban J connectivity index is 1.59. The van der Waals surface area contributed by atoms with Gasteiger partial charge in [0, 0.05) is 38.1 Å². The molecule has 0 spiro atoms. The molecule has 2 heterocycles. The summed E-state index contributed by atoms with van der Waals surface area (Å²) in [7, 11) is 0. The topological polar surface area (TPSA) is 176 Å². The summed E-state index contributed by atoms with van der Waals surface area (Å²) < 4.78 is 15.8. The zero-order valence-electron chi connectivity index (χ0n) is 23.3. The highest BCUT2D eigenvalue weighted by Gasteiger charge is 2.50. The van der Waals surface area contributed by atoms with Crippen LogP contribution in [0.25, 0.3) is 10.4 Å². The Hall–Kier alpha value is -3.55. The summed E-state index contributed by atoms with van der Waals surface area (Å²) in [5, 5.41) is 14.5. The van der Waals surface area contributed by atoms with E-state index in [1.54, 1.807) is 41.4 Å². The SMILES string of the molecule is [N-]=[N+]=NC[S+]([O-])N[C@H]1CCCCC1N1C(=O)c2ccc(O)cc2[C@@H](C(=O)NOCc2ccccn2)[C@@H]1c1ccc(Cl)cc1Cl. The molecule has 5 atom stereocenters. The molecule has 12 nitrogen and oxygen atoms in total. The summed E-state index contributed by atoms with van der Waals surface area (Å²) in [4.78, 5) is 42.5. The van der Waals surface area contributed by atoms with Crippen molar-refractivity contribution in [3.63, 3.8) is 0 Å². The zero-order valence-corrected chi connectivity index (χ0v) is 25.6. The third-order valence-corrected chi connectivity index (χ3v) is 9.22. The Labute approximate surface area is 266 Å². The van der Waals surface area contributed by atoms with Crippen molar-refractivity contribution in [3.05, 3.63) is 104 Å². The van der Waals surface area contributed by atoms with E-state index < -0.39 is 41.3 Å². The number of aromatic nitrogens is 1. The van der Waals surface area contributed by atoms with Crippen LogP contribution in [0.15, 0.2) is 65.9 Å². The van der Waals surface area contributed by atoms with Gasteiger partial charge in [-0.3, -0.25) is 19.4 Å². The maximum absolute atomic E-state index is 14.4. The lowest BCUT2D eigenvalue weighted by molar-refractivity contribution is -0.138. The van der Waals surface area contributed by atoms with Gasteiger partial charge in [0.05, 0.1) is 29.7 Å². The Kier molecular flexibility index (Phi) is 10.5. The van der Waals surface area contributed by atoms with E-state index in [2.05, 4.69) is 25.2 Å². The van der Waals surface area contributed by atoms with Gasteiger partial charge in [0.1, 0.15) is 12.4 Å². The van der Waals surface area contributed by atoms with Gasteiger partial charge in [-0.15, -0.1) is 4.72 Å². The highest BCUT2D eigenvalue weighted by atomic mass is 35.5. The first-order chi connectivity index (χ1) is 21.3. The molecule has 44 heavy (non-hydrogen) atoms. The van der Waals surface area contributed by atoms with Crippen LogP contribution in [0.3, 0.4) is 0 Å². The number of benzene rings is 2. The van der Waals surface area contributed by atoms with Crippen LogP contribution >= 0.6 is 23.2 Å². The predicted octanol–water partition coefficient (Wildman–Crippen LogP) is 5.46. The molecule has 3 aromatic rings. The van der Waals surface area contributed by atoms with Gasteiger partial charge < -0.3 is 14.6 Å². The average Bonchev–Trinajstić information content (AvgIpc) is 3.01. The monoisotopic (exact) mass is 657 g/mol. The van der Waals surface area contributed by atoms with E-state index >= 15 is 0 Å². The lowest BCUT2D eigenvalue weighted by Crippen LogP contribution is -2.59. The van der Waals surface area contributed by atoms with Gasteiger partial charge in [-0.05, 0) is 77.1 Å². The first-order valence-corrected chi connectivity index (χ1v) is 15.9. The Bertz CT molecular complexity index is 1560. The van der Waals surface area contributed by atoms with E-state index in [9.17, 15) is 19.2 Å². The van der Waals surface area contributed by atoms with Gasteiger partial charge in [-0.1, -0.05) is 48.2 Å². The Morgan fingerprint density at radius 2 is 2.00 bits per heavy atom. The maximum atomic E-state index is 14.4. The van der Waals surface area contributed by atoms with Gasteiger partial charge >= 0.3 is 0 Å². The number of phenols is 1. The smallest absolute Gasteiger partial charge is 0.255 e. The van der Waals surface area contributed by atoms with E-state index in [0.717, 1.165) is 12.8 Å². The largest absolute Gasteiger partial charge is 0.598 e. The third-order valence-electron chi connectivity index (χ3n) is 7.74. The van der Waals surface area contributed by atoms with E-state index in [-0.39, 0.29) is 34.7 Å². The lowest BCUT2D eigenvalue weighted by Gasteiger charge is -2.49. The van der Waals surface area contributed by atoms with Crippen LogP contribution in [-0.2, 0) is 27.6 Å². The first kappa shape index (κ1) is 31.9. The molecule has 2 aliphatic rings. The highest BCUT2D eigenvalue weighted by molar-refractivity contribution is 7.89. The third kappa shape index (κ3) is 7.05. The molecule has 1 aliphatic heterocycles. The first-order valence-electron chi connectivity index (χ1n) is 13.9. The molecular weight excluding hydrogens is 629 g/mol. The highest BCUT2D eigenvalue weighted by Crippen LogP contribution is 2.48. The van der Waals surface area contributed by atoms with Crippen LogP contribution in [0, 0.1) is 0 Å². The fourth-order valence-corrected chi connectivity index (χ4v) is 7.27. The minimum absolute atomic E-state index is 0.00712. The van der Waals surface area contributed by atoms with Crippen molar-refractivity contribution in [2.45, 2.75) is 56.3 Å². The molecule has 1 aliphatic carbocycles. The molecule has 2 unspecified atom stereocenters. The number of carbonyl (C=O) groups is 2. The number of hydroxylamine groups is 1. The molecule has 230 valence electrons. The zero-order chi connectivity index (χ0) is 31.2. The van der Waals surface area contributed by atoms with Gasteiger partial charge in [-0.2, -0.15) is 0 Å². The molecule has 1 aromatic heterocycles. The number of nitrogens with zero attached hydrogens (tertiary/aromatic N) is 5. The van der Waals surface area contributed by atoms with Crippen LogP contribution < -0.4 is 10.2 Å². The number of azide groups is 1. The molecule has 2 amide bonds. The molecule has 2 aromatic carbocycles. The molecule has 15 heteroatoms. The lowest BCUT2D eigenvalue weighted by atomic mass is 9.76. The Morgan fingerprint density at radius 3 is 2.75 bits per heavy atom. The van der Waals surface area contributed by atoms with Gasteiger partial charge in [0.15, 0.2) is 0 Å². The van der Waals surface area contributed by atoms with E-state index in [1.807, 2.05) is 0 Å². The number of hydrogen-bond donors (Lipinski definition) is 3. The number of nitrogens with one attached hydrogen (secondary N) is 2. The van der Waals surface area contributed by atoms with Crippen LogP contribution in [0.5, 0.6) is 5.75 Å². The summed E-state index contributed by atoms with van der Waals surface area (Å²) >= 11 is 11.3. The fourth-order valence-electron chi connectivity index (χ4n) is 5.90. The summed E-state index contributed by atoms with van der Waals surface area (Å²) in [6, 6.07) is 12.5. The maximum Gasteiger partial charge on any atom is 0.255 e. The van der Waals surface area contributed by atoms with Crippen molar-refractivity contribution in [1.82, 2.24) is 20.1 Å². The average molecular weight is 659 g/mol. The second kappa shape index (κ2) is 14.5. The minimum Gasteiger partial charge on any atom is -0.598 e. The number of rotatable bonds is 10. The summed E-state index contributed by atoms with van der Waals surface area (Å²) in [6.07, 6.45) is 4.34. The van der Waals surface area contributed by atoms with Crippen LogP contribution in [0.2, 0.25) is 10.0 Å². The van der Waals surface area contributed by atoms with Crippen molar-refractivity contribution in [3.8, 4) is 5.75 Å². The molecule has 1 fully saturated rings. The molecule has 0 bridgehead atoms. The molecule has 5 rings (SSSR count). The number of carbonyl (C=O) groups excluding carboxylic acids is 2. The molecule has 1 saturated carbocycles. The van der Waals surface area contributed by atoms with Crippen molar-refractivity contribution in [1.29, 1.82) is 0 Å². The van der Waals surface area contributed by atoms with Crippen molar-refractivity contribution in [2.75, 3.05) is 5.88 Å². The van der Waals surface area contributed by atoms with Gasteiger partial charge in [0.25, 0.3) is 11.8 Å². The quantitative estimate of drug-likeness (QED) is 0.0853. The normalized spacial score (nSPS) is 22.1. The van der Waals surface area contributed by atoms with E-state index in [0.29, 0.717) is 34.7 Å². The van der Waals surface area contributed by atoms with Crippen molar-refractivity contribution in [2.24, 2.45) is 5.11 Å².